The molecule has 1 heterocycles. The molecule has 3 aromatic carbocycles. The van der Waals surface area contributed by atoms with E-state index in [1.54, 1.807) is 13.2 Å². The van der Waals surface area contributed by atoms with Gasteiger partial charge in [-0.1, -0.05) is 42.2 Å². The molecule has 3 aromatic rings. The number of hydrogen-bond acceptors (Lipinski definition) is 4. The molecule has 8 heteroatoms. The van der Waals surface area contributed by atoms with Gasteiger partial charge in [0.1, 0.15) is 18.1 Å². The molecular weight excluding hydrogens is 435 g/mol. The Kier molecular flexibility index (Phi) is 7.82. The number of halogens is 3. The molecule has 5 nitrogen and oxygen atoms in total. The lowest BCUT2D eigenvalue weighted by atomic mass is 10.0. The third kappa shape index (κ3) is 7.82. The van der Waals surface area contributed by atoms with E-state index in [0.717, 1.165) is 11.3 Å². The van der Waals surface area contributed by atoms with Crippen molar-refractivity contribution in [2.45, 2.75) is 12.4 Å². The zero-order valence-electron chi connectivity index (χ0n) is 17.6. The largest absolute Gasteiger partial charge is 0.573 e. The number of carbonyl (C=O) groups excluding carboxylic acids is 1. The highest BCUT2D eigenvalue weighted by Gasteiger charge is 2.30. The van der Waals surface area contributed by atoms with Crippen molar-refractivity contribution in [3.63, 3.8) is 0 Å². The number of nitrogens with one attached hydrogen (secondary N) is 1. The number of rotatable bonds is 3. The van der Waals surface area contributed by atoms with E-state index in [1.807, 2.05) is 48.5 Å². The van der Waals surface area contributed by atoms with Crippen molar-refractivity contribution in [1.29, 1.82) is 0 Å². The quantitative estimate of drug-likeness (QED) is 0.533. The number of alkyl carbamates (subject to hydrolysis) is 1. The Morgan fingerprint density at radius 1 is 0.909 bits per heavy atom. The van der Waals surface area contributed by atoms with Crippen molar-refractivity contribution in [3.05, 3.63) is 95.6 Å². The Balaban J connectivity index is 0.000000323. The highest BCUT2D eigenvalue weighted by Crippen LogP contribution is 2.23. The molecule has 1 aliphatic heterocycles. The normalized spacial score (nSPS) is 14.5. The number of hydrogen-bond donors (Lipinski definition) is 1. The first-order chi connectivity index (χ1) is 15.8. The summed E-state index contributed by atoms with van der Waals surface area (Å²) in [5, 5.41) is 2.68. The summed E-state index contributed by atoms with van der Waals surface area (Å²) in [4.78, 5) is 11.1. The predicted molar refractivity (Wildman–Crippen MR) is 116 cm³/mol. The number of para-hydroxylation sites is 1. The minimum absolute atomic E-state index is 0.215. The molecule has 33 heavy (non-hydrogen) atoms. The average Bonchev–Trinajstić information content (AvgIpc) is 3.25. The predicted octanol–water partition coefficient (Wildman–Crippen LogP) is 5.46. The second-order valence-corrected chi connectivity index (χ2v) is 6.76. The van der Waals surface area contributed by atoms with Crippen molar-refractivity contribution in [2.75, 3.05) is 13.7 Å². The maximum atomic E-state index is 12.1. The summed E-state index contributed by atoms with van der Waals surface area (Å²) in [6.07, 6.45) is -5.17. The van der Waals surface area contributed by atoms with Gasteiger partial charge in [0.15, 0.2) is 0 Å². The molecule has 1 amide bonds. The molecule has 0 aromatic heterocycles. The van der Waals surface area contributed by atoms with Gasteiger partial charge in [-0.15, -0.1) is 13.2 Å². The number of cyclic esters (lactones) is 1. The van der Waals surface area contributed by atoms with Crippen LogP contribution in [0.1, 0.15) is 22.7 Å². The maximum Gasteiger partial charge on any atom is 0.573 e. The molecule has 0 unspecified atom stereocenters. The molecule has 0 aliphatic carbocycles. The van der Waals surface area contributed by atoms with E-state index in [9.17, 15) is 18.0 Å². The summed E-state index contributed by atoms with van der Waals surface area (Å²) in [5.41, 5.74) is 2.14. The Labute approximate surface area is 189 Å². The molecule has 4 rings (SSSR count). The first kappa shape index (κ1) is 23.5. The number of carbonyl (C=O) groups is 1. The molecule has 1 N–H and O–H groups in total. The number of methoxy groups -OCH3 is 1. The van der Waals surface area contributed by atoms with Crippen LogP contribution in [0.2, 0.25) is 0 Å². The SMILES string of the molecule is COc1ccccc1.O=C1N[C@H](c2cccc(C#Cc3ccc(OC(F)(F)F)cc3)c2)CO1. The average molecular weight is 455 g/mol. The van der Waals surface area contributed by atoms with Crippen molar-refractivity contribution in [2.24, 2.45) is 0 Å². The maximum absolute atomic E-state index is 12.1. The molecule has 1 fully saturated rings. The molecule has 1 atom stereocenters. The monoisotopic (exact) mass is 455 g/mol. The highest BCUT2D eigenvalue weighted by atomic mass is 19.4. The Bertz CT molecular complexity index is 1120. The van der Waals surface area contributed by atoms with E-state index in [2.05, 4.69) is 21.9 Å². The molecule has 0 radical (unpaired) electrons. The topological polar surface area (TPSA) is 56.8 Å². The lowest BCUT2D eigenvalue weighted by Crippen LogP contribution is -2.18. The van der Waals surface area contributed by atoms with Gasteiger partial charge in [0, 0.05) is 11.1 Å². The minimum Gasteiger partial charge on any atom is -0.497 e. The zero-order valence-corrected chi connectivity index (χ0v) is 17.6. The summed E-state index contributed by atoms with van der Waals surface area (Å²) in [7, 11) is 1.66. The van der Waals surface area contributed by atoms with Gasteiger partial charge in [0.25, 0.3) is 0 Å². The third-order valence-electron chi connectivity index (χ3n) is 4.38. The van der Waals surface area contributed by atoms with Gasteiger partial charge in [-0.25, -0.2) is 4.79 Å². The Morgan fingerprint density at radius 3 is 2.18 bits per heavy atom. The van der Waals surface area contributed by atoms with E-state index in [-0.39, 0.29) is 18.4 Å². The number of alkyl halides is 3. The lowest BCUT2D eigenvalue weighted by Gasteiger charge is -2.08. The Hall–Kier alpha value is -4.12. The molecule has 170 valence electrons. The molecule has 1 saturated heterocycles. The molecule has 0 saturated carbocycles. The van der Waals surface area contributed by atoms with Gasteiger partial charge in [0.2, 0.25) is 0 Å². The van der Waals surface area contributed by atoms with Gasteiger partial charge in [-0.2, -0.15) is 0 Å². The zero-order chi connectivity index (χ0) is 23.7. The van der Waals surface area contributed by atoms with E-state index < -0.39 is 12.5 Å². The summed E-state index contributed by atoms with van der Waals surface area (Å²) in [5.74, 6) is 6.42. The smallest absolute Gasteiger partial charge is 0.497 e. The van der Waals surface area contributed by atoms with Crippen LogP contribution in [0, 0.1) is 11.8 Å². The van der Waals surface area contributed by atoms with Crippen molar-refractivity contribution in [1.82, 2.24) is 5.32 Å². The number of amides is 1. The van der Waals surface area contributed by atoms with Gasteiger partial charge in [-0.05, 0) is 54.1 Å². The van der Waals surface area contributed by atoms with Gasteiger partial charge in [0.05, 0.1) is 13.2 Å². The highest BCUT2D eigenvalue weighted by molar-refractivity contribution is 5.70. The minimum atomic E-state index is -4.72. The second kappa shape index (κ2) is 11.0. The van der Waals surface area contributed by atoms with Crippen LogP contribution in [-0.4, -0.2) is 26.2 Å². The first-order valence-corrected chi connectivity index (χ1v) is 9.82. The second-order valence-electron chi connectivity index (χ2n) is 6.76. The van der Waals surface area contributed by atoms with E-state index in [0.29, 0.717) is 11.1 Å². The van der Waals surface area contributed by atoms with Gasteiger partial charge in [-0.3, -0.25) is 0 Å². The van der Waals surface area contributed by atoms with Crippen molar-refractivity contribution >= 4 is 6.09 Å². The van der Waals surface area contributed by atoms with Crippen LogP contribution in [-0.2, 0) is 4.74 Å². The first-order valence-electron chi connectivity index (χ1n) is 9.82. The fourth-order valence-corrected chi connectivity index (χ4v) is 2.84. The summed E-state index contributed by atoms with van der Waals surface area (Å²) < 4.78 is 49.9. The van der Waals surface area contributed by atoms with Crippen LogP contribution >= 0.6 is 0 Å². The van der Waals surface area contributed by atoms with Crippen LogP contribution in [0.3, 0.4) is 0 Å². The van der Waals surface area contributed by atoms with Crippen LogP contribution in [0.5, 0.6) is 11.5 Å². The van der Waals surface area contributed by atoms with Crippen molar-refractivity contribution in [3.8, 4) is 23.3 Å². The van der Waals surface area contributed by atoms with E-state index in [1.165, 1.54) is 24.3 Å². The van der Waals surface area contributed by atoms with E-state index in [4.69, 9.17) is 9.47 Å². The summed E-state index contributed by atoms with van der Waals surface area (Å²) in [6.45, 7) is 0.260. The fourth-order valence-electron chi connectivity index (χ4n) is 2.84. The lowest BCUT2D eigenvalue weighted by molar-refractivity contribution is -0.274. The van der Waals surface area contributed by atoms with Crippen LogP contribution in [0.15, 0.2) is 78.9 Å². The van der Waals surface area contributed by atoms with Crippen LogP contribution < -0.4 is 14.8 Å². The number of benzene rings is 3. The molecule has 0 spiro atoms. The van der Waals surface area contributed by atoms with E-state index >= 15 is 0 Å². The summed E-state index contributed by atoms with van der Waals surface area (Å²) in [6, 6.07) is 22.1. The van der Waals surface area contributed by atoms with Crippen LogP contribution in [0.4, 0.5) is 18.0 Å². The third-order valence-corrected chi connectivity index (χ3v) is 4.38. The van der Waals surface area contributed by atoms with Gasteiger partial charge < -0.3 is 19.5 Å². The van der Waals surface area contributed by atoms with Gasteiger partial charge >= 0.3 is 12.5 Å². The Morgan fingerprint density at radius 2 is 1.61 bits per heavy atom. The standard InChI is InChI=1S/C18H12F3NO3.C7H8O/c19-18(20,21)25-15-8-6-12(7-9-15)4-5-13-2-1-3-14(10-13)16-11-24-17(23)22-16;1-8-7-5-3-2-4-6-7/h1-3,6-10,16H,11H2,(H,22,23);2-6H,1H3/t16-;/m0./s1. The molecule has 0 bridgehead atoms. The molecular formula is C25H20F3NO4. The van der Waals surface area contributed by atoms with Crippen molar-refractivity contribution < 1.29 is 32.2 Å². The van der Waals surface area contributed by atoms with Crippen LogP contribution in [0.25, 0.3) is 0 Å². The fraction of sp³-hybridized carbons (Fsp3) is 0.160. The molecule has 1 aliphatic rings. The summed E-state index contributed by atoms with van der Waals surface area (Å²) >= 11 is 0. The number of ether oxygens (including phenoxy) is 3.